The van der Waals surface area contributed by atoms with Crippen LogP contribution in [0.15, 0.2) is 78.9 Å². The largest absolute Gasteiger partial charge is 0.497 e. The second kappa shape index (κ2) is 11.9. The number of piperidine rings is 2. The van der Waals surface area contributed by atoms with Crippen molar-refractivity contribution in [2.24, 2.45) is 0 Å². The molecule has 3 saturated heterocycles. The zero-order valence-corrected chi connectivity index (χ0v) is 27.4. The molecule has 0 aliphatic carbocycles. The third-order valence-corrected chi connectivity index (χ3v) is 11.6. The second-order valence-electron chi connectivity index (χ2n) is 14.3. The van der Waals surface area contributed by atoms with Crippen LogP contribution in [0.4, 0.5) is 0 Å². The van der Waals surface area contributed by atoms with Gasteiger partial charge in [-0.3, -0.25) is 9.69 Å². The van der Waals surface area contributed by atoms with Crippen LogP contribution >= 0.6 is 0 Å². The number of hydrogen-bond donors (Lipinski definition) is 0. The van der Waals surface area contributed by atoms with Gasteiger partial charge in [0.05, 0.1) is 23.6 Å². The van der Waals surface area contributed by atoms with Crippen LogP contribution in [0.3, 0.4) is 0 Å². The molecule has 6 heteroatoms. The van der Waals surface area contributed by atoms with Gasteiger partial charge in [0.2, 0.25) is 5.91 Å². The van der Waals surface area contributed by atoms with Crippen LogP contribution in [-0.4, -0.2) is 64.1 Å². The number of para-hydroxylation sites is 2. The molecule has 4 aromatic rings. The maximum absolute atomic E-state index is 14.0. The number of carbonyl (C=O) groups excluding carboxylic acids is 1. The van der Waals surface area contributed by atoms with Crippen LogP contribution in [0.2, 0.25) is 0 Å². The van der Waals surface area contributed by atoms with E-state index >= 15 is 0 Å². The maximum Gasteiger partial charge on any atom is 0.232 e. The predicted octanol–water partition coefficient (Wildman–Crippen LogP) is 7.45. The molecule has 236 valence electrons. The summed E-state index contributed by atoms with van der Waals surface area (Å²) >= 11 is 0. The standard InChI is InChI=1S/C39H48N4O2/c1-28-40-35-15-8-9-16-36(35)43(28)33-26-31-17-18-32(27-33)42(31)24-21-39(29-11-6-5-7-12-29)19-22-41(23-20-39)37(44)38(2,3)30-13-10-14-34(25-30)45-4/h5-16,25,31-33H,17-24,26-27H2,1-4H3/t31-,32?,33?/m1/s1. The third kappa shape index (κ3) is 5.45. The highest BCUT2D eigenvalue weighted by Crippen LogP contribution is 2.45. The van der Waals surface area contributed by atoms with Crippen molar-refractivity contribution in [2.75, 3.05) is 26.7 Å². The number of likely N-dealkylation sites (tertiary alicyclic amines) is 1. The molecule has 0 N–H and O–H groups in total. The number of amides is 1. The lowest BCUT2D eigenvalue weighted by Gasteiger charge is -2.46. The molecule has 4 heterocycles. The number of aryl methyl sites for hydroxylation is 1. The molecule has 3 atom stereocenters. The molecule has 1 aromatic heterocycles. The Kier molecular flexibility index (Phi) is 7.97. The Morgan fingerprint density at radius 3 is 2.31 bits per heavy atom. The van der Waals surface area contributed by atoms with Crippen LogP contribution in [-0.2, 0) is 15.6 Å². The molecule has 45 heavy (non-hydrogen) atoms. The second-order valence-corrected chi connectivity index (χ2v) is 14.3. The maximum atomic E-state index is 14.0. The summed E-state index contributed by atoms with van der Waals surface area (Å²) in [5.41, 5.74) is 4.32. The van der Waals surface area contributed by atoms with Crippen molar-refractivity contribution in [3.05, 3.63) is 95.8 Å². The quantitative estimate of drug-likeness (QED) is 0.210. The van der Waals surface area contributed by atoms with E-state index in [1.54, 1.807) is 7.11 Å². The Hall–Kier alpha value is -3.64. The highest BCUT2D eigenvalue weighted by atomic mass is 16.5. The summed E-state index contributed by atoms with van der Waals surface area (Å²) < 4.78 is 7.99. The first kappa shape index (κ1) is 30.0. The van der Waals surface area contributed by atoms with Gasteiger partial charge in [-0.2, -0.15) is 0 Å². The Labute approximate surface area is 268 Å². The number of hydrogen-bond acceptors (Lipinski definition) is 4. The topological polar surface area (TPSA) is 50.6 Å². The molecule has 1 amide bonds. The summed E-state index contributed by atoms with van der Waals surface area (Å²) in [5, 5.41) is 0. The summed E-state index contributed by atoms with van der Waals surface area (Å²) in [7, 11) is 1.68. The zero-order valence-electron chi connectivity index (χ0n) is 27.4. The molecular formula is C39H48N4O2. The number of ether oxygens (including phenoxy) is 1. The summed E-state index contributed by atoms with van der Waals surface area (Å²) in [5.74, 6) is 2.15. The molecule has 0 radical (unpaired) electrons. The van der Waals surface area contributed by atoms with Crippen molar-refractivity contribution in [1.29, 1.82) is 0 Å². The Morgan fingerprint density at radius 1 is 0.911 bits per heavy atom. The fourth-order valence-electron chi connectivity index (χ4n) is 8.93. The monoisotopic (exact) mass is 604 g/mol. The van der Waals surface area contributed by atoms with Gasteiger partial charge < -0.3 is 14.2 Å². The van der Waals surface area contributed by atoms with Gasteiger partial charge >= 0.3 is 0 Å². The van der Waals surface area contributed by atoms with E-state index in [2.05, 4.69) is 89.7 Å². The van der Waals surface area contributed by atoms with Gasteiger partial charge in [-0.1, -0.05) is 54.6 Å². The molecule has 3 aromatic carbocycles. The normalized spacial score (nSPS) is 23.4. The lowest BCUT2D eigenvalue weighted by Crippen LogP contribution is -2.52. The third-order valence-electron chi connectivity index (χ3n) is 11.6. The van der Waals surface area contributed by atoms with E-state index in [4.69, 9.17) is 9.72 Å². The van der Waals surface area contributed by atoms with Crippen LogP contribution in [0.25, 0.3) is 11.0 Å². The lowest BCUT2D eigenvalue weighted by molar-refractivity contribution is -0.138. The number of fused-ring (bicyclic) bond motifs is 3. The van der Waals surface area contributed by atoms with Gasteiger partial charge in [0, 0.05) is 31.2 Å². The molecule has 7 rings (SSSR count). The molecule has 2 bridgehead atoms. The average Bonchev–Trinajstić information content (AvgIpc) is 3.54. The van der Waals surface area contributed by atoms with Crippen LogP contribution in [0.1, 0.15) is 81.8 Å². The summed E-state index contributed by atoms with van der Waals surface area (Å²) in [4.78, 5) is 23.8. The molecule has 0 spiro atoms. The first-order valence-electron chi connectivity index (χ1n) is 17.0. The summed E-state index contributed by atoms with van der Waals surface area (Å²) in [6.45, 7) is 9.00. The Morgan fingerprint density at radius 2 is 1.60 bits per heavy atom. The highest BCUT2D eigenvalue weighted by Gasteiger charge is 2.45. The van der Waals surface area contributed by atoms with Gasteiger partial charge in [-0.15, -0.1) is 0 Å². The van der Waals surface area contributed by atoms with Crippen LogP contribution < -0.4 is 4.74 Å². The van der Waals surface area contributed by atoms with Gasteiger partial charge in [0.1, 0.15) is 11.6 Å². The fourth-order valence-corrected chi connectivity index (χ4v) is 8.93. The fraction of sp³-hybridized carbons (Fsp3) is 0.487. The van der Waals surface area contributed by atoms with Gasteiger partial charge in [-0.05, 0) is 113 Å². The van der Waals surface area contributed by atoms with E-state index in [0.717, 1.165) is 61.6 Å². The van der Waals surface area contributed by atoms with Crippen molar-refractivity contribution < 1.29 is 9.53 Å². The Bertz CT molecular complexity index is 1640. The van der Waals surface area contributed by atoms with Gasteiger partial charge in [0.15, 0.2) is 0 Å². The van der Waals surface area contributed by atoms with E-state index in [0.29, 0.717) is 18.1 Å². The van der Waals surface area contributed by atoms with E-state index < -0.39 is 5.41 Å². The Balaban J connectivity index is 1.06. The SMILES string of the molecule is COc1cccc(C(C)(C)C(=O)N2CCC(CCN3C4CC[C@@H]3CC(n3c(C)nc5ccccc53)C4)(c3ccccc3)CC2)c1. The van der Waals surface area contributed by atoms with E-state index in [9.17, 15) is 4.79 Å². The van der Waals surface area contributed by atoms with Gasteiger partial charge in [-0.25, -0.2) is 4.98 Å². The molecule has 3 fully saturated rings. The van der Waals surface area contributed by atoms with Crippen molar-refractivity contribution in [2.45, 2.75) is 94.7 Å². The van der Waals surface area contributed by atoms with Crippen LogP contribution in [0.5, 0.6) is 5.75 Å². The lowest BCUT2D eigenvalue weighted by atomic mass is 9.69. The predicted molar refractivity (Wildman–Crippen MR) is 181 cm³/mol. The molecule has 2 unspecified atom stereocenters. The molecule has 3 aliphatic rings. The summed E-state index contributed by atoms with van der Waals surface area (Å²) in [6.07, 6.45) is 8.16. The first-order valence-corrected chi connectivity index (χ1v) is 17.0. The van der Waals surface area contributed by atoms with E-state index in [1.807, 2.05) is 24.3 Å². The zero-order chi connectivity index (χ0) is 31.2. The number of imidazole rings is 1. The number of aromatic nitrogens is 2. The number of nitrogens with zero attached hydrogens (tertiary/aromatic N) is 4. The summed E-state index contributed by atoms with van der Waals surface area (Å²) in [6, 6.07) is 29.5. The van der Waals surface area contributed by atoms with Crippen molar-refractivity contribution in [3.8, 4) is 5.75 Å². The van der Waals surface area contributed by atoms with Gasteiger partial charge in [0.25, 0.3) is 0 Å². The minimum Gasteiger partial charge on any atom is -0.497 e. The smallest absolute Gasteiger partial charge is 0.232 e. The first-order chi connectivity index (χ1) is 21.8. The number of benzene rings is 3. The molecule has 3 aliphatic heterocycles. The van der Waals surface area contributed by atoms with E-state index in [-0.39, 0.29) is 11.3 Å². The molecular weight excluding hydrogens is 556 g/mol. The minimum absolute atomic E-state index is 0.0889. The number of carbonyl (C=O) groups is 1. The van der Waals surface area contributed by atoms with Crippen molar-refractivity contribution >= 4 is 16.9 Å². The number of rotatable bonds is 8. The molecule has 6 nitrogen and oxygen atoms in total. The van der Waals surface area contributed by atoms with Crippen molar-refractivity contribution in [1.82, 2.24) is 19.4 Å². The van der Waals surface area contributed by atoms with Crippen molar-refractivity contribution in [3.63, 3.8) is 0 Å². The average molecular weight is 605 g/mol. The molecule has 0 saturated carbocycles. The highest BCUT2D eigenvalue weighted by molar-refractivity contribution is 5.87. The number of methoxy groups -OCH3 is 1. The van der Waals surface area contributed by atoms with Crippen LogP contribution in [0, 0.1) is 6.92 Å². The minimum atomic E-state index is -0.607. The van der Waals surface area contributed by atoms with E-state index in [1.165, 1.54) is 36.8 Å².